The lowest BCUT2D eigenvalue weighted by Gasteiger charge is -2.15. The van der Waals surface area contributed by atoms with Gasteiger partial charge in [-0.1, -0.05) is 0 Å². The average molecular weight is 388 g/mol. The maximum atomic E-state index is 12.1. The first-order chi connectivity index (χ1) is 9.87. The van der Waals surface area contributed by atoms with Crippen molar-refractivity contribution in [2.24, 2.45) is 5.73 Å². The Morgan fingerprint density at radius 1 is 1.29 bits per heavy atom. The molecule has 120 valence electrons. The molecule has 0 aliphatic heterocycles. The summed E-state index contributed by atoms with van der Waals surface area (Å²) >= 11 is 3.25. The Kier molecular flexibility index (Phi) is 7.69. The van der Waals surface area contributed by atoms with Gasteiger partial charge in [0.2, 0.25) is 0 Å². The van der Waals surface area contributed by atoms with Crippen molar-refractivity contribution >= 4 is 27.7 Å². The van der Waals surface area contributed by atoms with E-state index in [-0.39, 0.29) is 24.1 Å². The lowest BCUT2D eigenvalue weighted by Crippen LogP contribution is -2.09. The van der Waals surface area contributed by atoms with E-state index >= 15 is 0 Å². The van der Waals surface area contributed by atoms with Crippen molar-refractivity contribution in [2.45, 2.75) is 18.9 Å². The summed E-state index contributed by atoms with van der Waals surface area (Å²) in [6.07, 6.45) is 0.683. The van der Waals surface area contributed by atoms with Gasteiger partial charge in [0, 0.05) is 5.75 Å². The number of hydrogen-bond donors (Lipinski definition) is 1. The van der Waals surface area contributed by atoms with E-state index in [0.717, 1.165) is 5.56 Å². The van der Waals surface area contributed by atoms with Crippen LogP contribution in [-0.4, -0.2) is 31.0 Å². The molecule has 1 aromatic carbocycles. The molecule has 2 N–H and O–H groups in total. The van der Waals surface area contributed by atoms with Gasteiger partial charge >= 0.3 is 5.51 Å². The molecule has 0 aliphatic carbocycles. The first-order valence-electron chi connectivity index (χ1n) is 6.36. The number of nitrogens with two attached hydrogens (primary N) is 1. The minimum atomic E-state index is -4.24. The molecule has 0 spiro atoms. The van der Waals surface area contributed by atoms with E-state index in [4.69, 9.17) is 15.2 Å². The van der Waals surface area contributed by atoms with Crippen molar-refractivity contribution in [3.63, 3.8) is 0 Å². The molecule has 0 amide bonds. The van der Waals surface area contributed by atoms with Crippen molar-refractivity contribution in [2.75, 3.05) is 25.5 Å². The largest absolute Gasteiger partial charge is 0.490 e. The number of ether oxygens (including phenoxy) is 2. The molecule has 0 atom stereocenters. The van der Waals surface area contributed by atoms with E-state index in [1.54, 1.807) is 6.07 Å². The Morgan fingerprint density at radius 3 is 2.57 bits per heavy atom. The summed E-state index contributed by atoms with van der Waals surface area (Å²) in [7, 11) is 0. The minimum absolute atomic E-state index is 0.0565. The molecule has 0 bridgehead atoms. The van der Waals surface area contributed by atoms with Crippen LogP contribution >= 0.6 is 27.7 Å². The minimum Gasteiger partial charge on any atom is -0.490 e. The van der Waals surface area contributed by atoms with Gasteiger partial charge < -0.3 is 15.2 Å². The van der Waals surface area contributed by atoms with Crippen LogP contribution < -0.4 is 15.2 Å². The van der Waals surface area contributed by atoms with E-state index in [2.05, 4.69) is 15.9 Å². The Labute approximate surface area is 134 Å². The zero-order valence-corrected chi connectivity index (χ0v) is 13.9. The van der Waals surface area contributed by atoms with Gasteiger partial charge in [-0.15, -0.1) is 0 Å². The van der Waals surface area contributed by atoms with Crippen molar-refractivity contribution in [3.05, 3.63) is 22.2 Å². The van der Waals surface area contributed by atoms with Crippen LogP contribution in [0.25, 0.3) is 0 Å². The number of rotatable bonds is 8. The van der Waals surface area contributed by atoms with Crippen LogP contribution in [-0.2, 0) is 6.42 Å². The molecule has 0 saturated heterocycles. The highest BCUT2D eigenvalue weighted by atomic mass is 79.9. The molecule has 1 rings (SSSR count). The number of alkyl halides is 3. The van der Waals surface area contributed by atoms with E-state index in [9.17, 15) is 13.2 Å². The van der Waals surface area contributed by atoms with Crippen LogP contribution in [0.15, 0.2) is 16.6 Å². The van der Waals surface area contributed by atoms with E-state index in [1.165, 1.54) is 0 Å². The topological polar surface area (TPSA) is 44.5 Å². The summed E-state index contributed by atoms with van der Waals surface area (Å²) < 4.78 is 47.7. The SMILES string of the molecule is CCOc1cc(CCN)cc(Br)c1OCCSC(F)(F)F. The third-order valence-electron chi connectivity index (χ3n) is 2.40. The zero-order valence-electron chi connectivity index (χ0n) is 11.5. The van der Waals surface area contributed by atoms with Crippen LogP contribution in [0.3, 0.4) is 0 Å². The Hall–Kier alpha value is -0.600. The van der Waals surface area contributed by atoms with Crippen molar-refractivity contribution in [1.82, 2.24) is 0 Å². The third kappa shape index (κ3) is 6.80. The Bertz CT molecular complexity index is 458. The average Bonchev–Trinajstić information content (AvgIpc) is 2.36. The molecule has 0 aromatic heterocycles. The quantitative estimate of drug-likeness (QED) is 0.685. The molecule has 0 saturated carbocycles. The number of thioether (sulfide) groups is 1. The van der Waals surface area contributed by atoms with Crippen LogP contribution in [0.2, 0.25) is 0 Å². The summed E-state index contributed by atoms with van der Waals surface area (Å²) in [4.78, 5) is 0. The first-order valence-corrected chi connectivity index (χ1v) is 8.14. The maximum absolute atomic E-state index is 12.1. The predicted molar refractivity (Wildman–Crippen MR) is 82.1 cm³/mol. The highest BCUT2D eigenvalue weighted by Crippen LogP contribution is 2.37. The molecule has 0 aliphatic rings. The Morgan fingerprint density at radius 2 is 2.00 bits per heavy atom. The summed E-state index contributed by atoms with van der Waals surface area (Å²) in [5.41, 5.74) is 2.25. The van der Waals surface area contributed by atoms with Gasteiger partial charge in [-0.2, -0.15) is 13.2 Å². The van der Waals surface area contributed by atoms with Gasteiger partial charge in [-0.05, 0) is 65.3 Å². The van der Waals surface area contributed by atoms with Crippen molar-refractivity contribution in [1.29, 1.82) is 0 Å². The van der Waals surface area contributed by atoms with Gasteiger partial charge in [-0.25, -0.2) is 0 Å². The van der Waals surface area contributed by atoms with Crippen LogP contribution in [0, 0.1) is 0 Å². The number of hydrogen-bond acceptors (Lipinski definition) is 4. The molecular formula is C13H17BrF3NO2S. The third-order valence-corrected chi connectivity index (χ3v) is 3.68. The van der Waals surface area contributed by atoms with Gasteiger partial charge in [-0.3, -0.25) is 0 Å². The van der Waals surface area contributed by atoms with Gasteiger partial charge in [0.05, 0.1) is 17.7 Å². The van der Waals surface area contributed by atoms with Gasteiger partial charge in [0.15, 0.2) is 11.5 Å². The fourth-order valence-corrected chi connectivity index (χ4v) is 2.64. The van der Waals surface area contributed by atoms with E-state index in [1.807, 2.05) is 13.0 Å². The number of benzene rings is 1. The predicted octanol–water partition coefficient (Wildman–Crippen LogP) is 3.98. The molecule has 0 radical (unpaired) electrons. The van der Waals surface area contributed by atoms with Gasteiger partial charge in [0.25, 0.3) is 0 Å². The smallest absolute Gasteiger partial charge is 0.441 e. The molecule has 8 heteroatoms. The number of halogens is 4. The molecule has 0 unspecified atom stereocenters. The van der Waals surface area contributed by atoms with Crippen molar-refractivity contribution < 1.29 is 22.6 Å². The molecule has 1 aromatic rings. The summed E-state index contributed by atoms with van der Waals surface area (Å²) in [6.45, 7) is 2.71. The second kappa shape index (κ2) is 8.75. The molecule has 3 nitrogen and oxygen atoms in total. The fourth-order valence-electron chi connectivity index (χ4n) is 1.64. The van der Waals surface area contributed by atoms with Crippen LogP contribution in [0.1, 0.15) is 12.5 Å². The van der Waals surface area contributed by atoms with Crippen molar-refractivity contribution in [3.8, 4) is 11.5 Å². The van der Waals surface area contributed by atoms with Crippen LogP contribution in [0.4, 0.5) is 13.2 Å². The molecular weight excluding hydrogens is 371 g/mol. The fraction of sp³-hybridized carbons (Fsp3) is 0.538. The zero-order chi connectivity index (χ0) is 15.9. The van der Waals surface area contributed by atoms with Gasteiger partial charge in [0.1, 0.15) is 0 Å². The molecule has 0 fully saturated rings. The summed E-state index contributed by atoms with van der Waals surface area (Å²) in [5.74, 6) is 0.749. The highest BCUT2D eigenvalue weighted by Gasteiger charge is 2.27. The lowest BCUT2D eigenvalue weighted by molar-refractivity contribution is -0.0329. The first kappa shape index (κ1) is 18.4. The maximum Gasteiger partial charge on any atom is 0.441 e. The lowest BCUT2D eigenvalue weighted by atomic mass is 10.1. The van der Waals surface area contributed by atoms with E-state index < -0.39 is 5.51 Å². The Balaban J connectivity index is 2.75. The summed E-state index contributed by atoms with van der Waals surface area (Å²) in [6, 6.07) is 3.63. The molecule has 0 heterocycles. The standard InChI is InChI=1S/C13H17BrF3NO2S/c1-2-19-11-8-9(3-4-18)7-10(14)12(11)20-5-6-21-13(15,16)17/h7-8H,2-6,18H2,1H3. The molecule has 21 heavy (non-hydrogen) atoms. The monoisotopic (exact) mass is 387 g/mol. The van der Waals surface area contributed by atoms with E-state index in [0.29, 0.717) is 35.5 Å². The highest BCUT2D eigenvalue weighted by molar-refractivity contribution is 9.10. The summed E-state index contributed by atoms with van der Waals surface area (Å²) in [5, 5.41) is 0. The second-order valence-electron chi connectivity index (χ2n) is 4.02. The van der Waals surface area contributed by atoms with Crippen LogP contribution in [0.5, 0.6) is 11.5 Å². The normalized spacial score (nSPS) is 11.5. The second-order valence-corrected chi connectivity index (χ2v) is 6.03.